The van der Waals surface area contributed by atoms with Crippen molar-refractivity contribution in [2.75, 3.05) is 10.6 Å². The van der Waals surface area contributed by atoms with Gasteiger partial charge in [-0.05, 0) is 31.2 Å². The maximum absolute atomic E-state index is 11.6. The van der Waals surface area contributed by atoms with Crippen LogP contribution < -0.4 is 10.6 Å². The highest BCUT2D eigenvalue weighted by molar-refractivity contribution is 6.43. The van der Waals surface area contributed by atoms with Gasteiger partial charge >= 0.3 is 11.8 Å². The standard InChI is InChI=1S/C12H10ClN3O3/c1-7-6-10(16-19-7)15-12(18)11(17)14-9-4-2-8(13)3-5-9/h2-6H,1H3,(H,14,17)(H,15,16,18). The van der Waals surface area contributed by atoms with E-state index in [1.165, 1.54) is 6.07 Å². The van der Waals surface area contributed by atoms with E-state index < -0.39 is 11.8 Å². The Bertz CT molecular complexity index is 607. The molecule has 6 nitrogen and oxygen atoms in total. The molecule has 2 amide bonds. The minimum atomic E-state index is -0.830. The molecule has 0 spiro atoms. The van der Waals surface area contributed by atoms with Gasteiger partial charge in [-0.1, -0.05) is 16.8 Å². The topological polar surface area (TPSA) is 84.2 Å². The number of carbonyl (C=O) groups excluding carboxylic acids is 2. The Morgan fingerprint density at radius 3 is 2.37 bits per heavy atom. The third-order valence-corrected chi connectivity index (χ3v) is 2.43. The molecule has 0 atom stereocenters. The molecule has 0 saturated heterocycles. The Morgan fingerprint density at radius 2 is 1.79 bits per heavy atom. The number of rotatable bonds is 2. The number of hydrogen-bond acceptors (Lipinski definition) is 4. The van der Waals surface area contributed by atoms with Crippen molar-refractivity contribution < 1.29 is 14.1 Å². The van der Waals surface area contributed by atoms with Crippen molar-refractivity contribution in [3.05, 3.63) is 41.1 Å². The summed E-state index contributed by atoms with van der Waals surface area (Å²) in [6.07, 6.45) is 0. The molecule has 0 unspecified atom stereocenters. The minimum absolute atomic E-state index is 0.189. The lowest BCUT2D eigenvalue weighted by Crippen LogP contribution is -2.29. The molecule has 0 aliphatic heterocycles. The highest BCUT2D eigenvalue weighted by Gasteiger charge is 2.15. The van der Waals surface area contributed by atoms with Gasteiger partial charge in [-0.2, -0.15) is 0 Å². The highest BCUT2D eigenvalue weighted by Crippen LogP contribution is 2.13. The van der Waals surface area contributed by atoms with Crippen molar-refractivity contribution in [3.8, 4) is 0 Å². The third kappa shape index (κ3) is 3.56. The van der Waals surface area contributed by atoms with Crippen molar-refractivity contribution in [3.63, 3.8) is 0 Å². The molecule has 98 valence electrons. The number of amides is 2. The number of hydrogen-bond donors (Lipinski definition) is 2. The van der Waals surface area contributed by atoms with Gasteiger partial charge < -0.3 is 9.84 Å². The number of anilines is 2. The second-order valence-corrected chi connectivity index (χ2v) is 4.17. The van der Waals surface area contributed by atoms with Crippen LogP contribution in [0.25, 0.3) is 0 Å². The van der Waals surface area contributed by atoms with Gasteiger partial charge in [0.05, 0.1) is 0 Å². The van der Waals surface area contributed by atoms with Crippen molar-refractivity contribution in [2.45, 2.75) is 6.92 Å². The van der Waals surface area contributed by atoms with Gasteiger partial charge in [0.15, 0.2) is 5.82 Å². The van der Waals surface area contributed by atoms with Gasteiger partial charge in [-0.25, -0.2) is 0 Å². The molecule has 2 N–H and O–H groups in total. The van der Waals surface area contributed by atoms with E-state index in [1.807, 2.05) is 0 Å². The predicted octanol–water partition coefficient (Wildman–Crippen LogP) is 2.21. The van der Waals surface area contributed by atoms with Gasteiger partial charge in [0, 0.05) is 16.8 Å². The van der Waals surface area contributed by atoms with Crippen LogP contribution in [0.4, 0.5) is 11.5 Å². The molecule has 1 heterocycles. The van der Waals surface area contributed by atoms with Crippen molar-refractivity contribution in [1.29, 1.82) is 0 Å². The second kappa shape index (κ2) is 5.53. The maximum Gasteiger partial charge on any atom is 0.315 e. The van der Waals surface area contributed by atoms with Crippen molar-refractivity contribution >= 4 is 34.9 Å². The number of carbonyl (C=O) groups is 2. The van der Waals surface area contributed by atoms with E-state index in [2.05, 4.69) is 15.8 Å². The molecule has 0 fully saturated rings. The summed E-state index contributed by atoms with van der Waals surface area (Å²) in [5.41, 5.74) is 0.473. The van der Waals surface area contributed by atoms with E-state index >= 15 is 0 Å². The van der Waals surface area contributed by atoms with E-state index in [-0.39, 0.29) is 5.82 Å². The van der Waals surface area contributed by atoms with Crippen LogP contribution in [0.1, 0.15) is 5.76 Å². The fraction of sp³-hybridized carbons (Fsp3) is 0.0833. The summed E-state index contributed by atoms with van der Waals surface area (Å²) in [4.78, 5) is 23.2. The lowest BCUT2D eigenvalue weighted by atomic mass is 10.3. The summed E-state index contributed by atoms with van der Waals surface area (Å²) in [6.45, 7) is 1.68. The smallest absolute Gasteiger partial charge is 0.315 e. The van der Waals surface area contributed by atoms with Crippen molar-refractivity contribution in [2.24, 2.45) is 0 Å². The van der Waals surface area contributed by atoms with Crippen LogP contribution in [0.2, 0.25) is 5.02 Å². The van der Waals surface area contributed by atoms with Gasteiger partial charge in [-0.15, -0.1) is 0 Å². The Balaban J connectivity index is 1.96. The lowest BCUT2D eigenvalue weighted by molar-refractivity contribution is -0.133. The molecule has 0 aliphatic carbocycles. The molecule has 1 aromatic heterocycles. The second-order valence-electron chi connectivity index (χ2n) is 3.74. The summed E-state index contributed by atoms with van der Waals surface area (Å²) >= 11 is 5.71. The fourth-order valence-electron chi connectivity index (χ4n) is 1.32. The molecule has 7 heteroatoms. The SMILES string of the molecule is Cc1cc(NC(=O)C(=O)Nc2ccc(Cl)cc2)no1. The molecule has 19 heavy (non-hydrogen) atoms. The zero-order chi connectivity index (χ0) is 13.8. The third-order valence-electron chi connectivity index (χ3n) is 2.18. The quantitative estimate of drug-likeness (QED) is 0.826. The molecule has 0 aliphatic rings. The van der Waals surface area contributed by atoms with Crippen LogP contribution in [0.5, 0.6) is 0 Å². The first-order chi connectivity index (χ1) is 9.04. The summed E-state index contributed by atoms with van der Waals surface area (Å²) in [5, 5.41) is 8.83. The summed E-state index contributed by atoms with van der Waals surface area (Å²) in [5.74, 6) is -0.909. The first kappa shape index (κ1) is 13.1. The lowest BCUT2D eigenvalue weighted by Gasteiger charge is -2.04. The molecule has 0 saturated carbocycles. The van der Waals surface area contributed by atoms with Gasteiger partial charge in [0.1, 0.15) is 5.76 Å². The molecule has 2 aromatic rings. The molecule has 0 bridgehead atoms. The summed E-state index contributed by atoms with van der Waals surface area (Å²) in [7, 11) is 0. The van der Waals surface area contributed by atoms with Crippen LogP contribution in [0, 0.1) is 6.92 Å². The monoisotopic (exact) mass is 279 g/mol. The molecule has 2 rings (SSSR count). The van der Waals surface area contributed by atoms with Gasteiger partial charge in [-0.3, -0.25) is 14.9 Å². The molecule has 1 aromatic carbocycles. The van der Waals surface area contributed by atoms with E-state index in [0.29, 0.717) is 16.5 Å². The number of aryl methyl sites for hydroxylation is 1. The Morgan fingerprint density at radius 1 is 1.16 bits per heavy atom. The summed E-state index contributed by atoms with van der Waals surface area (Å²) in [6, 6.07) is 7.90. The Kier molecular flexibility index (Phi) is 3.82. The average Bonchev–Trinajstić information content (AvgIpc) is 2.77. The molecular formula is C12H10ClN3O3. The van der Waals surface area contributed by atoms with E-state index in [0.717, 1.165) is 0 Å². The first-order valence-electron chi connectivity index (χ1n) is 5.36. The number of nitrogens with one attached hydrogen (secondary N) is 2. The van der Waals surface area contributed by atoms with Gasteiger partial charge in [0.25, 0.3) is 0 Å². The zero-order valence-electron chi connectivity index (χ0n) is 9.94. The highest BCUT2D eigenvalue weighted by atomic mass is 35.5. The first-order valence-corrected chi connectivity index (χ1v) is 5.73. The number of nitrogens with zero attached hydrogens (tertiary/aromatic N) is 1. The van der Waals surface area contributed by atoms with E-state index in [4.69, 9.17) is 16.1 Å². The van der Waals surface area contributed by atoms with Crippen LogP contribution >= 0.6 is 11.6 Å². The largest absolute Gasteiger partial charge is 0.360 e. The number of benzene rings is 1. The van der Waals surface area contributed by atoms with Crippen LogP contribution in [-0.2, 0) is 9.59 Å². The Hall–Kier alpha value is -2.34. The predicted molar refractivity (Wildman–Crippen MR) is 70.0 cm³/mol. The van der Waals surface area contributed by atoms with Gasteiger partial charge in [0.2, 0.25) is 0 Å². The van der Waals surface area contributed by atoms with E-state index in [9.17, 15) is 9.59 Å². The van der Waals surface area contributed by atoms with Crippen molar-refractivity contribution in [1.82, 2.24) is 5.16 Å². The number of aromatic nitrogens is 1. The number of halogens is 1. The molecular weight excluding hydrogens is 270 g/mol. The van der Waals surface area contributed by atoms with Crippen LogP contribution in [0.3, 0.4) is 0 Å². The maximum atomic E-state index is 11.6. The normalized spacial score (nSPS) is 10.0. The zero-order valence-corrected chi connectivity index (χ0v) is 10.7. The van der Waals surface area contributed by atoms with E-state index in [1.54, 1.807) is 31.2 Å². The summed E-state index contributed by atoms with van der Waals surface area (Å²) < 4.78 is 4.77. The molecule has 0 radical (unpaired) electrons. The van der Waals surface area contributed by atoms with Crippen LogP contribution in [-0.4, -0.2) is 17.0 Å². The Labute approximate surface area is 113 Å². The minimum Gasteiger partial charge on any atom is -0.360 e. The fourth-order valence-corrected chi connectivity index (χ4v) is 1.45. The van der Waals surface area contributed by atoms with Crippen LogP contribution in [0.15, 0.2) is 34.9 Å². The average molecular weight is 280 g/mol.